The molecule has 2 aliphatic rings. The van der Waals surface area contributed by atoms with E-state index >= 15 is 0 Å². The first kappa shape index (κ1) is 21.6. The van der Waals surface area contributed by atoms with Gasteiger partial charge in [-0.25, -0.2) is 4.79 Å². The van der Waals surface area contributed by atoms with Gasteiger partial charge in [-0.3, -0.25) is 9.48 Å². The minimum Gasteiger partial charge on any atom is -0.381 e. The minimum atomic E-state index is -0.0247. The highest BCUT2D eigenvalue weighted by Crippen LogP contribution is 2.26. The van der Waals surface area contributed by atoms with Gasteiger partial charge in [0.2, 0.25) is 0 Å². The highest BCUT2D eigenvalue weighted by molar-refractivity contribution is 6.04. The van der Waals surface area contributed by atoms with Crippen LogP contribution in [0.5, 0.6) is 0 Å². The third kappa shape index (κ3) is 4.54. The number of aromatic nitrogens is 2. The molecule has 0 atom stereocenters. The molecular formula is C23H33N5O3. The first-order valence-corrected chi connectivity index (χ1v) is 11.4. The number of hydrogen-bond acceptors (Lipinski definition) is 4. The summed E-state index contributed by atoms with van der Waals surface area (Å²) in [5.74, 6) is -0.0247. The number of rotatable bonds is 5. The quantitative estimate of drug-likeness (QED) is 0.796. The van der Waals surface area contributed by atoms with Crippen molar-refractivity contribution in [2.24, 2.45) is 7.05 Å². The molecule has 2 aliphatic heterocycles. The third-order valence-electron chi connectivity index (χ3n) is 6.45. The first-order chi connectivity index (χ1) is 15.1. The number of ether oxygens (including phenoxy) is 1. The molecule has 2 fully saturated rings. The van der Waals surface area contributed by atoms with Crippen LogP contribution in [0.3, 0.4) is 0 Å². The lowest BCUT2D eigenvalue weighted by atomic mass is 9.98. The number of carbonyl (C=O) groups excluding carboxylic acids is 2. The molecule has 4 rings (SSSR count). The average molecular weight is 428 g/mol. The van der Waals surface area contributed by atoms with Crippen LogP contribution in [0.4, 0.5) is 4.79 Å². The Morgan fingerprint density at radius 3 is 2.52 bits per heavy atom. The molecule has 31 heavy (non-hydrogen) atoms. The van der Waals surface area contributed by atoms with Crippen LogP contribution in [-0.4, -0.2) is 76.5 Å². The summed E-state index contributed by atoms with van der Waals surface area (Å²) in [5, 5.41) is 8.44. The van der Waals surface area contributed by atoms with E-state index in [4.69, 9.17) is 4.74 Å². The van der Waals surface area contributed by atoms with Crippen molar-refractivity contribution < 1.29 is 14.3 Å². The summed E-state index contributed by atoms with van der Waals surface area (Å²) in [6, 6.07) is 8.20. The van der Waals surface area contributed by atoms with E-state index in [-0.39, 0.29) is 24.0 Å². The fraction of sp³-hybridized carbons (Fsp3) is 0.609. The average Bonchev–Trinajstić information content (AvgIpc) is 3.15. The SMILES string of the molecule is CCCNC(=O)N(C1CCOCC1)C1CCN(C(=O)c2nn(C)c3ccccc23)CC1. The second kappa shape index (κ2) is 9.68. The molecular weight excluding hydrogens is 394 g/mol. The molecule has 1 N–H and O–H groups in total. The number of hydrogen-bond donors (Lipinski definition) is 1. The fourth-order valence-electron chi connectivity index (χ4n) is 4.78. The lowest BCUT2D eigenvalue weighted by Crippen LogP contribution is -2.56. The Kier molecular flexibility index (Phi) is 6.75. The van der Waals surface area contributed by atoms with Crippen molar-refractivity contribution >= 4 is 22.8 Å². The second-order valence-corrected chi connectivity index (χ2v) is 8.50. The van der Waals surface area contributed by atoms with Gasteiger partial charge in [-0.1, -0.05) is 25.1 Å². The number of benzene rings is 1. The van der Waals surface area contributed by atoms with Gasteiger partial charge in [-0.05, 0) is 38.2 Å². The Labute approximate surface area is 183 Å². The Hall–Kier alpha value is -2.61. The topological polar surface area (TPSA) is 79.7 Å². The summed E-state index contributed by atoms with van der Waals surface area (Å²) < 4.78 is 7.28. The predicted molar refractivity (Wildman–Crippen MR) is 119 cm³/mol. The van der Waals surface area contributed by atoms with E-state index in [2.05, 4.69) is 22.2 Å². The van der Waals surface area contributed by atoms with E-state index in [9.17, 15) is 9.59 Å². The number of para-hydroxylation sites is 1. The normalized spacial score (nSPS) is 18.3. The zero-order chi connectivity index (χ0) is 21.8. The summed E-state index contributed by atoms with van der Waals surface area (Å²) in [7, 11) is 1.87. The summed E-state index contributed by atoms with van der Waals surface area (Å²) in [5.41, 5.74) is 1.47. The Morgan fingerprint density at radius 1 is 1.13 bits per heavy atom. The number of nitrogens with zero attached hydrogens (tertiary/aromatic N) is 4. The fourth-order valence-corrected chi connectivity index (χ4v) is 4.78. The van der Waals surface area contributed by atoms with Gasteiger partial charge < -0.3 is 19.9 Å². The molecule has 2 aromatic rings. The summed E-state index contributed by atoms with van der Waals surface area (Å²) >= 11 is 0. The number of fused-ring (bicyclic) bond motifs is 1. The summed E-state index contributed by atoms with van der Waals surface area (Å²) in [4.78, 5) is 30.1. The van der Waals surface area contributed by atoms with Crippen molar-refractivity contribution in [1.29, 1.82) is 0 Å². The molecule has 3 heterocycles. The van der Waals surface area contributed by atoms with Crippen LogP contribution in [0, 0.1) is 0 Å². The molecule has 0 aliphatic carbocycles. The zero-order valence-corrected chi connectivity index (χ0v) is 18.5. The van der Waals surface area contributed by atoms with Gasteiger partial charge in [0.15, 0.2) is 5.69 Å². The maximum Gasteiger partial charge on any atom is 0.317 e. The molecule has 168 valence electrons. The number of nitrogens with one attached hydrogen (secondary N) is 1. The van der Waals surface area contributed by atoms with E-state index in [1.54, 1.807) is 4.68 Å². The van der Waals surface area contributed by atoms with Crippen molar-refractivity contribution in [1.82, 2.24) is 24.9 Å². The van der Waals surface area contributed by atoms with Crippen LogP contribution in [0.2, 0.25) is 0 Å². The van der Waals surface area contributed by atoms with E-state index in [0.717, 1.165) is 43.0 Å². The van der Waals surface area contributed by atoms with Crippen molar-refractivity contribution in [3.05, 3.63) is 30.0 Å². The first-order valence-electron chi connectivity index (χ1n) is 11.4. The van der Waals surface area contributed by atoms with E-state index in [0.29, 0.717) is 38.5 Å². The molecule has 2 saturated heterocycles. The number of carbonyl (C=O) groups is 2. The van der Waals surface area contributed by atoms with Gasteiger partial charge in [-0.15, -0.1) is 0 Å². The Morgan fingerprint density at radius 2 is 1.81 bits per heavy atom. The molecule has 1 aromatic carbocycles. The molecule has 8 heteroatoms. The highest BCUT2D eigenvalue weighted by Gasteiger charge is 2.35. The summed E-state index contributed by atoms with van der Waals surface area (Å²) in [6.45, 7) is 5.41. The molecule has 3 amide bonds. The minimum absolute atomic E-state index is 0.0225. The Bertz CT molecular complexity index is 913. The van der Waals surface area contributed by atoms with Gasteiger partial charge in [0.1, 0.15) is 0 Å². The van der Waals surface area contributed by atoms with E-state index < -0.39 is 0 Å². The van der Waals surface area contributed by atoms with Gasteiger partial charge in [-0.2, -0.15) is 5.10 Å². The van der Waals surface area contributed by atoms with Gasteiger partial charge in [0.05, 0.1) is 5.52 Å². The highest BCUT2D eigenvalue weighted by atomic mass is 16.5. The number of piperidine rings is 1. The van der Waals surface area contributed by atoms with Gasteiger partial charge in [0.25, 0.3) is 5.91 Å². The molecule has 1 aromatic heterocycles. The lowest BCUT2D eigenvalue weighted by molar-refractivity contribution is 0.0209. The van der Waals surface area contributed by atoms with Crippen LogP contribution in [0.25, 0.3) is 10.9 Å². The molecule has 0 saturated carbocycles. The number of likely N-dealkylation sites (tertiary alicyclic amines) is 1. The molecule has 0 bridgehead atoms. The monoisotopic (exact) mass is 427 g/mol. The van der Waals surface area contributed by atoms with Crippen LogP contribution >= 0.6 is 0 Å². The number of aryl methyl sites for hydroxylation is 1. The summed E-state index contributed by atoms with van der Waals surface area (Å²) in [6.07, 6.45) is 4.23. The van der Waals surface area contributed by atoms with Crippen molar-refractivity contribution in [2.45, 2.75) is 51.1 Å². The largest absolute Gasteiger partial charge is 0.381 e. The molecule has 0 radical (unpaired) electrons. The maximum absolute atomic E-state index is 13.2. The zero-order valence-electron chi connectivity index (χ0n) is 18.5. The second-order valence-electron chi connectivity index (χ2n) is 8.50. The number of urea groups is 1. The molecule has 8 nitrogen and oxygen atoms in total. The van der Waals surface area contributed by atoms with Crippen molar-refractivity contribution in [3.8, 4) is 0 Å². The Balaban J connectivity index is 1.45. The van der Waals surface area contributed by atoms with E-state index in [1.165, 1.54) is 0 Å². The standard InChI is InChI=1S/C23H33N5O3/c1-3-12-24-23(30)28(18-10-15-31-16-11-18)17-8-13-27(14-9-17)22(29)21-19-6-4-5-7-20(19)26(2)25-21/h4-7,17-18H,3,8-16H2,1-2H3,(H,24,30). The molecule has 0 spiro atoms. The smallest absolute Gasteiger partial charge is 0.317 e. The van der Waals surface area contributed by atoms with Crippen molar-refractivity contribution in [3.63, 3.8) is 0 Å². The predicted octanol–water partition coefficient (Wildman–Crippen LogP) is 2.78. The van der Waals surface area contributed by atoms with Gasteiger partial charge in [0, 0.05) is 57.4 Å². The van der Waals surface area contributed by atoms with Crippen molar-refractivity contribution in [2.75, 3.05) is 32.8 Å². The van der Waals surface area contributed by atoms with Crippen LogP contribution in [0.15, 0.2) is 24.3 Å². The van der Waals surface area contributed by atoms with Crippen LogP contribution in [0.1, 0.15) is 49.5 Å². The lowest BCUT2D eigenvalue weighted by Gasteiger charge is -2.43. The van der Waals surface area contributed by atoms with E-state index in [1.807, 2.05) is 36.2 Å². The van der Waals surface area contributed by atoms with Crippen LogP contribution in [-0.2, 0) is 11.8 Å². The van der Waals surface area contributed by atoms with Gasteiger partial charge >= 0.3 is 6.03 Å². The van der Waals surface area contributed by atoms with Crippen LogP contribution < -0.4 is 5.32 Å². The maximum atomic E-state index is 13.2. The molecule has 0 unspecified atom stereocenters. The number of amides is 3. The third-order valence-corrected chi connectivity index (χ3v) is 6.45.